The number of aromatic nitrogens is 2. The molecule has 1 aliphatic heterocycles. The number of nitrogens with one attached hydrogen (secondary N) is 2. The lowest BCUT2D eigenvalue weighted by atomic mass is 9.82. The van der Waals surface area contributed by atoms with E-state index in [9.17, 15) is 4.79 Å². The van der Waals surface area contributed by atoms with Crippen LogP contribution >= 0.6 is 11.9 Å². The van der Waals surface area contributed by atoms with Gasteiger partial charge in [0.2, 0.25) is 0 Å². The molecule has 1 saturated heterocycles. The van der Waals surface area contributed by atoms with Gasteiger partial charge in [-0.2, -0.15) is 9.78 Å². The van der Waals surface area contributed by atoms with Gasteiger partial charge in [0.25, 0.3) is 0 Å². The number of nitrogens with zero attached hydrogens (tertiary/aromatic N) is 2. The number of carbonyl (C=O) groups excluding carboxylic acids is 1. The van der Waals surface area contributed by atoms with Crippen LogP contribution in [0, 0.1) is 5.92 Å². The van der Waals surface area contributed by atoms with E-state index in [1.165, 1.54) is 10.2 Å². The van der Waals surface area contributed by atoms with Crippen LogP contribution < -0.4 is 10.0 Å². The third kappa shape index (κ3) is 6.29. The zero-order valence-electron chi connectivity index (χ0n) is 20.3. The van der Waals surface area contributed by atoms with Crippen LogP contribution in [0.2, 0.25) is 0 Å². The second-order valence-corrected chi connectivity index (χ2v) is 11.0. The van der Waals surface area contributed by atoms with Gasteiger partial charge in [0.1, 0.15) is 5.60 Å². The van der Waals surface area contributed by atoms with Crippen molar-refractivity contribution in [2.45, 2.75) is 76.5 Å². The molecule has 2 atom stereocenters. The van der Waals surface area contributed by atoms with Crippen molar-refractivity contribution in [1.29, 1.82) is 0 Å². The van der Waals surface area contributed by atoms with E-state index in [0.29, 0.717) is 24.0 Å². The second kappa shape index (κ2) is 10.8. The van der Waals surface area contributed by atoms with Crippen molar-refractivity contribution in [2.75, 3.05) is 26.0 Å². The van der Waals surface area contributed by atoms with Crippen LogP contribution in [0.3, 0.4) is 0 Å². The number of piperidine rings is 1. The summed E-state index contributed by atoms with van der Waals surface area (Å²) >= 11 is 1.71. The topological polar surface area (TPSA) is 77.4 Å². The maximum absolute atomic E-state index is 12.4. The summed E-state index contributed by atoms with van der Waals surface area (Å²) in [5.74, 6) is 1.06. The zero-order valence-corrected chi connectivity index (χ0v) is 21.1. The predicted molar refractivity (Wildman–Crippen MR) is 134 cm³/mol. The molecule has 2 fully saturated rings. The molecule has 1 aliphatic carbocycles. The van der Waals surface area contributed by atoms with Crippen LogP contribution in [-0.2, 0) is 9.47 Å². The van der Waals surface area contributed by atoms with E-state index < -0.39 is 11.7 Å². The summed E-state index contributed by atoms with van der Waals surface area (Å²) < 4.78 is 16.7. The molecule has 7 nitrogen and oxygen atoms in total. The van der Waals surface area contributed by atoms with E-state index in [2.05, 4.69) is 33.5 Å². The fraction of sp³-hybridized carbons (Fsp3) is 0.680. The van der Waals surface area contributed by atoms with Gasteiger partial charge in [-0.05, 0) is 89.3 Å². The van der Waals surface area contributed by atoms with E-state index in [4.69, 9.17) is 9.47 Å². The number of fused-ring (bicyclic) bond motifs is 1. The van der Waals surface area contributed by atoms with Crippen LogP contribution in [0.15, 0.2) is 24.4 Å². The molecule has 1 aromatic carbocycles. The maximum atomic E-state index is 12.4. The molecule has 2 N–H and O–H groups in total. The fourth-order valence-corrected chi connectivity index (χ4v) is 5.60. The SMILES string of the molecule is CSNC1CCNCC1COC1CCC(c2ccc3c(cnn3C(=O)OC(C)(C)C)c2)CC1. The van der Waals surface area contributed by atoms with Crippen LogP contribution in [0.25, 0.3) is 10.9 Å². The van der Waals surface area contributed by atoms with Crippen LogP contribution in [-0.4, -0.2) is 59.6 Å². The van der Waals surface area contributed by atoms with Gasteiger partial charge in [0.15, 0.2) is 0 Å². The standard InChI is InChI=1S/C25H38N4O3S/c1-25(2,3)32-24(30)29-23-10-7-18(13-19(23)15-27-29)17-5-8-21(9-6-17)31-16-20-14-26-12-11-22(20)28-33-4/h7,10,13,15,17,20-22,26,28H,5-6,8-9,11-12,14,16H2,1-4H3. The van der Waals surface area contributed by atoms with Gasteiger partial charge in [-0.1, -0.05) is 18.0 Å². The van der Waals surface area contributed by atoms with E-state index in [1.54, 1.807) is 18.1 Å². The molecule has 2 unspecified atom stereocenters. The van der Waals surface area contributed by atoms with Crippen LogP contribution in [0.5, 0.6) is 0 Å². The van der Waals surface area contributed by atoms with Crippen molar-refractivity contribution in [3.8, 4) is 0 Å². The summed E-state index contributed by atoms with van der Waals surface area (Å²) in [5, 5.41) is 8.77. The summed E-state index contributed by atoms with van der Waals surface area (Å²) in [6, 6.07) is 6.86. The molecular formula is C25H38N4O3S. The van der Waals surface area contributed by atoms with Crippen molar-refractivity contribution in [1.82, 2.24) is 19.8 Å². The van der Waals surface area contributed by atoms with Gasteiger partial charge in [0.05, 0.1) is 24.4 Å². The highest BCUT2D eigenvalue weighted by atomic mass is 32.2. The van der Waals surface area contributed by atoms with Crippen molar-refractivity contribution in [3.63, 3.8) is 0 Å². The molecule has 0 bridgehead atoms. The molecule has 2 aliphatic rings. The molecule has 182 valence electrons. The van der Waals surface area contributed by atoms with Crippen molar-refractivity contribution < 1.29 is 14.3 Å². The van der Waals surface area contributed by atoms with Gasteiger partial charge >= 0.3 is 6.09 Å². The van der Waals surface area contributed by atoms with Gasteiger partial charge in [-0.15, -0.1) is 0 Å². The van der Waals surface area contributed by atoms with E-state index >= 15 is 0 Å². The van der Waals surface area contributed by atoms with Gasteiger partial charge in [-0.3, -0.25) is 4.72 Å². The molecule has 2 aromatic rings. The quantitative estimate of drug-likeness (QED) is 0.587. The number of rotatable bonds is 6. The normalized spacial score (nSPS) is 26.4. The highest BCUT2D eigenvalue weighted by Gasteiger charge is 2.28. The summed E-state index contributed by atoms with van der Waals surface area (Å²) in [5.41, 5.74) is 1.57. The Labute approximate surface area is 201 Å². The molecule has 4 rings (SSSR count). The summed E-state index contributed by atoms with van der Waals surface area (Å²) in [6.45, 7) is 8.53. The number of hydrogen-bond acceptors (Lipinski definition) is 7. The average Bonchev–Trinajstić information content (AvgIpc) is 3.21. The smallest absolute Gasteiger partial charge is 0.435 e. The van der Waals surface area contributed by atoms with Crippen LogP contribution in [0.4, 0.5) is 4.79 Å². The summed E-state index contributed by atoms with van der Waals surface area (Å²) in [6.07, 6.45) is 9.39. The Kier molecular flexibility index (Phi) is 7.99. The molecule has 8 heteroatoms. The number of benzene rings is 1. The molecule has 0 amide bonds. The highest BCUT2D eigenvalue weighted by Crippen LogP contribution is 2.35. The maximum Gasteiger partial charge on any atom is 0.435 e. The minimum atomic E-state index is -0.546. The lowest BCUT2D eigenvalue weighted by Gasteiger charge is -2.34. The van der Waals surface area contributed by atoms with E-state index in [-0.39, 0.29) is 0 Å². The summed E-state index contributed by atoms with van der Waals surface area (Å²) in [4.78, 5) is 12.4. The monoisotopic (exact) mass is 474 g/mol. The first kappa shape index (κ1) is 24.5. The molecular weight excluding hydrogens is 436 g/mol. The molecule has 0 spiro atoms. The predicted octanol–water partition coefficient (Wildman–Crippen LogP) is 4.71. The lowest BCUT2D eigenvalue weighted by Crippen LogP contribution is -2.47. The fourth-order valence-electron chi connectivity index (χ4n) is 4.98. The first-order valence-electron chi connectivity index (χ1n) is 12.2. The Hall–Kier alpha value is -1.61. The minimum absolute atomic E-state index is 0.358. The first-order valence-corrected chi connectivity index (χ1v) is 13.4. The number of ether oxygens (including phenoxy) is 2. The van der Waals surface area contributed by atoms with Gasteiger partial charge < -0.3 is 14.8 Å². The Morgan fingerprint density at radius 3 is 2.76 bits per heavy atom. The Morgan fingerprint density at radius 2 is 2.03 bits per heavy atom. The average molecular weight is 475 g/mol. The number of carbonyl (C=O) groups is 1. The molecule has 1 saturated carbocycles. The third-order valence-corrected chi connectivity index (χ3v) is 7.27. The molecule has 1 aromatic heterocycles. The Morgan fingerprint density at radius 1 is 1.24 bits per heavy atom. The van der Waals surface area contributed by atoms with E-state index in [1.807, 2.05) is 26.8 Å². The second-order valence-electron chi connectivity index (χ2n) is 10.3. The third-order valence-electron chi connectivity index (χ3n) is 6.73. The van der Waals surface area contributed by atoms with Gasteiger partial charge in [-0.25, -0.2) is 4.79 Å². The minimum Gasteiger partial charge on any atom is -0.442 e. The molecule has 2 heterocycles. The highest BCUT2D eigenvalue weighted by molar-refractivity contribution is 7.96. The zero-order chi connectivity index (χ0) is 23.4. The largest absolute Gasteiger partial charge is 0.442 e. The number of hydrogen-bond donors (Lipinski definition) is 2. The van der Waals surface area contributed by atoms with Crippen molar-refractivity contribution in [3.05, 3.63) is 30.0 Å². The van der Waals surface area contributed by atoms with Gasteiger partial charge in [0, 0.05) is 23.9 Å². The Balaban J connectivity index is 1.31. The van der Waals surface area contributed by atoms with Crippen LogP contribution in [0.1, 0.15) is 64.4 Å². The first-order chi connectivity index (χ1) is 15.8. The summed E-state index contributed by atoms with van der Waals surface area (Å²) in [7, 11) is 0. The van der Waals surface area contributed by atoms with Crippen molar-refractivity contribution in [2.24, 2.45) is 5.92 Å². The van der Waals surface area contributed by atoms with Crippen molar-refractivity contribution >= 4 is 28.9 Å². The Bertz CT molecular complexity index is 931. The molecule has 33 heavy (non-hydrogen) atoms. The lowest BCUT2D eigenvalue weighted by molar-refractivity contribution is -0.00385. The molecule has 0 radical (unpaired) electrons. The van der Waals surface area contributed by atoms with E-state index in [0.717, 1.165) is 62.7 Å².